The maximum Gasteiger partial charge on any atom is 0.336 e. The summed E-state index contributed by atoms with van der Waals surface area (Å²) < 4.78 is 40.5. The topological polar surface area (TPSA) is 41.7 Å². The van der Waals surface area contributed by atoms with E-state index in [1.54, 1.807) is 0 Å². The van der Waals surface area contributed by atoms with Crippen LogP contribution < -0.4 is 0 Å². The number of carbonyl (C=O) groups is 1. The van der Waals surface area contributed by atoms with E-state index in [2.05, 4.69) is 4.85 Å². The Kier molecular flexibility index (Phi) is 5.79. The molecule has 0 bridgehead atoms. The lowest BCUT2D eigenvalue weighted by Crippen LogP contribution is -2.27. The molecule has 0 radical (unpaired) electrons. The van der Waals surface area contributed by atoms with E-state index in [9.17, 15) is 23.1 Å². The molecule has 7 heteroatoms. The molecule has 148 valence electrons. The highest BCUT2D eigenvalue weighted by Gasteiger charge is 2.42. The van der Waals surface area contributed by atoms with E-state index in [1.165, 1.54) is 56.4 Å². The molecule has 3 rings (SSSR count). The van der Waals surface area contributed by atoms with Crippen LogP contribution >= 0.6 is 0 Å². The molecule has 3 nitrogen and oxygen atoms in total. The molecular weight excluding hydrogens is 390 g/mol. The first-order valence-corrected chi connectivity index (χ1v) is 8.91. The number of nitrogens with zero attached hydrogens (tertiary/aromatic N) is 1. The summed E-state index contributed by atoms with van der Waals surface area (Å²) in [4.78, 5) is 16.0. The van der Waals surface area contributed by atoms with Gasteiger partial charge in [-0.2, -0.15) is 0 Å². The predicted octanol–water partition coefficient (Wildman–Crippen LogP) is 4.50. The monoisotopic (exact) mass is 405 g/mol. The van der Waals surface area contributed by atoms with Gasteiger partial charge < -0.3 is 9.95 Å². The third-order valence-electron chi connectivity index (χ3n) is 4.85. The SMILES string of the molecule is BC([N+]#[C-])(/C(=C(/C(=O)O)c1ccc(F)cc1)c1ccc(F)cc1)c1ccc(F)cc1. The minimum absolute atomic E-state index is 0.0863. The summed E-state index contributed by atoms with van der Waals surface area (Å²) in [6.07, 6.45) is 0. The van der Waals surface area contributed by atoms with Crippen LogP contribution in [-0.2, 0) is 10.2 Å². The molecule has 0 fully saturated rings. The highest BCUT2D eigenvalue weighted by atomic mass is 19.1. The van der Waals surface area contributed by atoms with E-state index in [-0.39, 0.29) is 16.7 Å². The lowest BCUT2D eigenvalue weighted by Gasteiger charge is -2.25. The fourth-order valence-corrected chi connectivity index (χ4v) is 3.32. The largest absolute Gasteiger partial charge is 0.478 e. The van der Waals surface area contributed by atoms with Crippen molar-refractivity contribution in [3.63, 3.8) is 0 Å². The van der Waals surface area contributed by atoms with Crippen molar-refractivity contribution >= 4 is 25.0 Å². The number of hydrogen-bond donors (Lipinski definition) is 1. The first kappa shape index (κ1) is 20.9. The van der Waals surface area contributed by atoms with E-state index in [1.807, 2.05) is 0 Å². The Balaban J connectivity index is 2.42. The highest BCUT2D eigenvalue weighted by Crippen LogP contribution is 2.42. The zero-order valence-corrected chi connectivity index (χ0v) is 15.9. The maximum atomic E-state index is 13.5. The minimum Gasteiger partial charge on any atom is -0.478 e. The van der Waals surface area contributed by atoms with Crippen LogP contribution in [0.3, 0.4) is 0 Å². The second kappa shape index (κ2) is 8.30. The van der Waals surface area contributed by atoms with E-state index >= 15 is 0 Å². The Bertz CT molecular complexity index is 1150. The molecule has 3 aromatic carbocycles. The van der Waals surface area contributed by atoms with Crippen molar-refractivity contribution in [3.05, 3.63) is 118 Å². The molecule has 0 saturated heterocycles. The molecule has 0 spiro atoms. The van der Waals surface area contributed by atoms with Crippen LogP contribution in [-0.4, -0.2) is 18.9 Å². The first-order chi connectivity index (χ1) is 14.3. The van der Waals surface area contributed by atoms with Crippen LogP contribution in [0, 0.1) is 24.0 Å². The van der Waals surface area contributed by atoms with Crippen LogP contribution in [0.5, 0.6) is 0 Å². The Morgan fingerprint density at radius 2 is 1.20 bits per heavy atom. The van der Waals surface area contributed by atoms with Gasteiger partial charge in [-0.15, -0.1) is 0 Å². The molecule has 1 unspecified atom stereocenters. The fourth-order valence-electron chi connectivity index (χ4n) is 3.32. The van der Waals surface area contributed by atoms with Crippen LogP contribution in [0.2, 0.25) is 0 Å². The van der Waals surface area contributed by atoms with Gasteiger partial charge in [-0.05, 0) is 59.7 Å². The summed E-state index contributed by atoms with van der Waals surface area (Å²) in [7, 11) is 1.51. The molecule has 0 aliphatic rings. The Morgan fingerprint density at radius 1 is 0.800 bits per heavy atom. The number of carboxylic acid groups (broad SMARTS) is 1. The van der Waals surface area contributed by atoms with Crippen molar-refractivity contribution in [2.24, 2.45) is 0 Å². The smallest absolute Gasteiger partial charge is 0.336 e. The fraction of sp³-hybridized carbons (Fsp3) is 0.0435. The van der Waals surface area contributed by atoms with Gasteiger partial charge in [0.15, 0.2) is 0 Å². The summed E-state index contributed by atoms with van der Waals surface area (Å²) in [6.45, 7) is 7.87. The maximum absolute atomic E-state index is 13.5. The van der Waals surface area contributed by atoms with Crippen molar-refractivity contribution in [1.29, 1.82) is 0 Å². The van der Waals surface area contributed by atoms with Crippen LogP contribution in [0.15, 0.2) is 72.8 Å². The molecule has 1 atom stereocenters. The van der Waals surface area contributed by atoms with E-state index in [0.29, 0.717) is 11.1 Å². The third-order valence-corrected chi connectivity index (χ3v) is 4.85. The third kappa shape index (κ3) is 3.99. The summed E-state index contributed by atoms with van der Waals surface area (Å²) in [6, 6.07) is 15.1. The predicted molar refractivity (Wildman–Crippen MR) is 110 cm³/mol. The summed E-state index contributed by atoms with van der Waals surface area (Å²) in [5, 5.41) is 10.0. The molecule has 0 heterocycles. The van der Waals surface area contributed by atoms with E-state index in [4.69, 9.17) is 6.57 Å². The molecule has 0 aliphatic heterocycles. The van der Waals surface area contributed by atoms with Gasteiger partial charge in [-0.1, -0.05) is 24.3 Å². The van der Waals surface area contributed by atoms with Crippen LogP contribution in [0.4, 0.5) is 13.2 Å². The number of halogens is 3. The van der Waals surface area contributed by atoms with Gasteiger partial charge >= 0.3 is 5.97 Å². The summed E-state index contributed by atoms with van der Waals surface area (Å²) in [5.74, 6) is -2.91. The number of aliphatic carboxylic acids is 1. The number of hydrogen-bond acceptors (Lipinski definition) is 1. The number of benzene rings is 3. The zero-order chi connectivity index (χ0) is 21.9. The molecule has 3 aromatic rings. The minimum atomic E-state index is -1.55. The van der Waals surface area contributed by atoms with Gasteiger partial charge in [0.25, 0.3) is 0 Å². The molecule has 1 N–H and O–H groups in total. The molecule has 0 aliphatic carbocycles. The van der Waals surface area contributed by atoms with Gasteiger partial charge in [0.05, 0.1) is 11.1 Å². The van der Waals surface area contributed by atoms with Crippen molar-refractivity contribution in [2.45, 2.75) is 5.44 Å². The van der Waals surface area contributed by atoms with Crippen molar-refractivity contribution in [2.75, 3.05) is 0 Å². The lowest BCUT2D eigenvalue weighted by molar-refractivity contribution is -0.130. The molecule has 0 saturated carbocycles. The van der Waals surface area contributed by atoms with Crippen LogP contribution in [0.25, 0.3) is 16.0 Å². The second-order valence-corrected chi connectivity index (χ2v) is 6.76. The van der Waals surface area contributed by atoms with Crippen molar-refractivity contribution < 1.29 is 23.1 Å². The summed E-state index contributed by atoms with van der Waals surface area (Å²) >= 11 is 0. The highest BCUT2D eigenvalue weighted by molar-refractivity contribution is 6.33. The van der Waals surface area contributed by atoms with E-state index in [0.717, 1.165) is 24.3 Å². The molecule has 30 heavy (non-hydrogen) atoms. The van der Waals surface area contributed by atoms with Crippen molar-refractivity contribution in [1.82, 2.24) is 0 Å². The van der Waals surface area contributed by atoms with Gasteiger partial charge in [0, 0.05) is 5.56 Å². The van der Waals surface area contributed by atoms with Crippen LogP contribution in [0.1, 0.15) is 16.7 Å². The van der Waals surface area contributed by atoms with Gasteiger partial charge in [0.1, 0.15) is 17.5 Å². The average Bonchev–Trinajstić information content (AvgIpc) is 2.73. The average molecular weight is 405 g/mol. The molecular formula is C23H15BF3NO2. The first-order valence-electron chi connectivity index (χ1n) is 8.91. The molecule has 0 aromatic heterocycles. The van der Waals surface area contributed by atoms with Gasteiger partial charge in [0.2, 0.25) is 13.3 Å². The van der Waals surface area contributed by atoms with Gasteiger partial charge in [-0.25, -0.2) is 24.5 Å². The zero-order valence-electron chi connectivity index (χ0n) is 15.9. The van der Waals surface area contributed by atoms with Gasteiger partial charge in [-0.3, -0.25) is 0 Å². The number of carboxylic acids is 1. The Morgan fingerprint density at radius 3 is 1.60 bits per heavy atom. The Hall–Kier alpha value is -3.79. The normalized spacial score (nSPS) is 13.7. The Labute approximate surface area is 172 Å². The quantitative estimate of drug-likeness (QED) is 0.294. The molecule has 0 amide bonds. The lowest BCUT2D eigenvalue weighted by atomic mass is 9.64. The summed E-state index contributed by atoms with van der Waals surface area (Å²) in [5.41, 5.74) is -0.846. The van der Waals surface area contributed by atoms with E-state index < -0.39 is 28.9 Å². The standard InChI is InChI=1S/C23H15BF3NO2/c1-28-23(24,16-6-12-19(27)13-7-16)21(15-4-10-18(26)11-5-15)20(22(29)30)14-2-8-17(25)9-3-14/h2-13H,24H2,(H,29,30)/b21-20+. The van der Waals surface area contributed by atoms with Crippen molar-refractivity contribution in [3.8, 4) is 0 Å². The second-order valence-electron chi connectivity index (χ2n) is 6.76. The number of rotatable bonds is 5.